The molecule has 3 N–H and O–H groups in total. The molecule has 3 rings (SSSR count). The van der Waals surface area contributed by atoms with Crippen molar-refractivity contribution in [1.29, 1.82) is 0 Å². The minimum Gasteiger partial charge on any atom is -0.369 e. The minimum atomic E-state index is -0.271. The lowest BCUT2D eigenvalue weighted by molar-refractivity contribution is -0.122. The highest BCUT2D eigenvalue weighted by Gasteiger charge is 2.37. The van der Waals surface area contributed by atoms with Crippen molar-refractivity contribution in [3.05, 3.63) is 59.2 Å². The van der Waals surface area contributed by atoms with Gasteiger partial charge >= 0.3 is 0 Å². The first-order valence-electron chi connectivity index (χ1n) is 9.61. The molecule has 2 atom stereocenters. The summed E-state index contributed by atoms with van der Waals surface area (Å²) in [6.45, 7) is 6.11. The van der Waals surface area contributed by atoms with Crippen molar-refractivity contribution < 1.29 is 9.59 Å². The molecule has 0 unspecified atom stereocenters. The van der Waals surface area contributed by atoms with E-state index in [1.807, 2.05) is 43.6 Å². The van der Waals surface area contributed by atoms with Crippen molar-refractivity contribution in [2.45, 2.75) is 39.3 Å². The van der Waals surface area contributed by atoms with Crippen LogP contribution in [0.3, 0.4) is 0 Å². The Morgan fingerprint density at radius 2 is 1.82 bits per heavy atom. The van der Waals surface area contributed by atoms with Crippen LogP contribution in [0.1, 0.15) is 42.3 Å². The van der Waals surface area contributed by atoms with Gasteiger partial charge in [0.25, 0.3) is 0 Å². The minimum absolute atomic E-state index is 0.0553. The fourth-order valence-electron chi connectivity index (χ4n) is 3.65. The van der Waals surface area contributed by atoms with E-state index >= 15 is 0 Å². The topological polar surface area (TPSA) is 101 Å². The monoisotopic (exact) mass is 381 g/mol. The third kappa shape index (κ3) is 4.92. The van der Waals surface area contributed by atoms with Crippen molar-refractivity contribution in [2.75, 3.05) is 13.1 Å². The fourth-order valence-corrected chi connectivity index (χ4v) is 3.65. The maximum Gasteiger partial charge on any atom is 0.222 e. The third-order valence-electron chi connectivity index (χ3n) is 5.19. The Labute approximate surface area is 165 Å². The van der Waals surface area contributed by atoms with Gasteiger partial charge < -0.3 is 11.1 Å². The van der Waals surface area contributed by atoms with E-state index in [9.17, 15) is 9.59 Å². The van der Waals surface area contributed by atoms with Gasteiger partial charge in [0, 0.05) is 63.4 Å². The summed E-state index contributed by atoms with van der Waals surface area (Å²) >= 11 is 0. The summed E-state index contributed by atoms with van der Waals surface area (Å²) in [6.07, 6.45) is 4.53. The number of hydrogen-bond acceptors (Lipinski definition) is 5. The number of nitrogens with one attached hydrogen (secondary N) is 1. The van der Waals surface area contributed by atoms with Crippen molar-refractivity contribution in [2.24, 2.45) is 11.7 Å². The van der Waals surface area contributed by atoms with Crippen molar-refractivity contribution in [3.8, 4) is 0 Å². The van der Waals surface area contributed by atoms with E-state index < -0.39 is 0 Å². The molecule has 0 spiro atoms. The highest BCUT2D eigenvalue weighted by molar-refractivity contribution is 5.78. The van der Waals surface area contributed by atoms with Crippen molar-refractivity contribution >= 4 is 11.8 Å². The van der Waals surface area contributed by atoms with Gasteiger partial charge in [-0.05, 0) is 11.1 Å². The highest BCUT2D eigenvalue weighted by Crippen LogP contribution is 2.33. The van der Waals surface area contributed by atoms with Crippen LogP contribution in [-0.4, -0.2) is 39.8 Å². The maximum atomic E-state index is 12.0. The molecule has 7 nitrogen and oxygen atoms in total. The van der Waals surface area contributed by atoms with Crippen LogP contribution in [0.15, 0.2) is 36.7 Å². The van der Waals surface area contributed by atoms with Gasteiger partial charge in [-0.3, -0.25) is 14.5 Å². The Hall–Kier alpha value is -2.80. The van der Waals surface area contributed by atoms with Gasteiger partial charge in [-0.15, -0.1) is 0 Å². The van der Waals surface area contributed by atoms with Crippen LogP contribution in [0.4, 0.5) is 0 Å². The summed E-state index contributed by atoms with van der Waals surface area (Å²) < 4.78 is 0. The zero-order valence-corrected chi connectivity index (χ0v) is 16.4. The van der Waals surface area contributed by atoms with Gasteiger partial charge in [0.15, 0.2) is 0 Å². The molecular weight excluding hydrogens is 354 g/mol. The molecule has 28 heavy (non-hydrogen) atoms. The van der Waals surface area contributed by atoms with Gasteiger partial charge in [-0.2, -0.15) is 0 Å². The van der Waals surface area contributed by atoms with Gasteiger partial charge in [0.2, 0.25) is 11.8 Å². The second-order valence-electron chi connectivity index (χ2n) is 7.32. The maximum absolute atomic E-state index is 12.0. The Bertz CT molecular complexity index is 820. The Morgan fingerprint density at radius 1 is 1.14 bits per heavy atom. The number of nitrogens with zero attached hydrogens (tertiary/aromatic N) is 3. The summed E-state index contributed by atoms with van der Waals surface area (Å²) in [5.41, 5.74) is 8.84. The van der Waals surface area contributed by atoms with Gasteiger partial charge in [-0.1, -0.05) is 31.2 Å². The van der Waals surface area contributed by atoms with E-state index in [-0.39, 0.29) is 23.7 Å². The van der Waals surface area contributed by atoms with Crippen LogP contribution >= 0.6 is 0 Å². The first kappa shape index (κ1) is 19.9. The van der Waals surface area contributed by atoms with Crippen molar-refractivity contribution in [1.82, 2.24) is 20.2 Å². The van der Waals surface area contributed by atoms with Gasteiger partial charge in [0.05, 0.1) is 5.92 Å². The largest absolute Gasteiger partial charge is 0.369 e. The summed E-state index contributed by atoms with van der Waals surface area (Å²) in [5.74, 6) is 0.338. The number of rotatable bonds is 7. The first-order valence-corrected chi connectivity index (χ1v) is 9.61. The number of benzene rings is 1. The molecular formula is C21H27N5O2. The van der Waals surface area contributed by atoms with Crippen LogP contribution in [0.25, 0.3) is 0 Å². The lowest BCUT2D eigenvalue weighted by Gasteiger charge is -2.17. The second kappa shape index (κ2) is 8.93. The average molecular weight is 381 g/mol. The molecule has 1 aromatic heterocycles. The fraction of sp³-hybridized carbons (Fsp3) is 0.429. The molecule has 0 saturated carbocycles. The van der Waals surface area contributed by atoms with E-state index in [1.54, 1.807) is 0 Å². The van der Waals surface area contributed by atoms with Crippen LogP contribution in [-0.2, 0) is 29.1 Å². The molecule has 1 aliphatic heterocycles. The number of nitrogens with two attached hydrogens (primary N) is 1. The molecule has 7 heteroatoms. The molecule has 2 heterocycles. The SMILES string of the molecule is CCc1ncc(CN2C[C@H](C(N)=O)[C@@H](c3ccc(CNC(C)=O)cc3)C2)cn1. The van der Waals surface area contributed by atoms with Gasteiger partial charge in [-0.25, -0.2) is 9.97 Å². The molecule has 1 fully saturated rings. The second-order valence-corrected chi connectivity index (χ2v) is 7.32. The predicted octanol–water partition coefficient (Wildman–Crippen LogP) is 1.38. The Balaban J connectivity index is 1.69. The van der Waals surface area contributed by atoms with Crippen LogP contribution in [0.5, 0.6) is 0 Å². The quantitative estimate of drug-likeness (QED) is 0.754. The zero-order valence-electron chi connectivity index (χ0n) is 16.4. The number of likely N-dealkylation sites (tertiary alicyclic amines) is 1. The molecule has 1 saturated heterocycles. The normalized spacial score (nSPS) is 19.5. The first-order chi connectivity index (χ1) is 13.5. The Kier molecular flexibility index (Phi) is 6.36. The number of amides is 2. The van der Waals surface area contributed by atoms with Crippen molar-refractivity contribution in [3.63, 3.8) is 0 Å². The number of primary amides is 1. The standard InChI is InChI=1S/C21H27N5O2/c1-3-20-24-9-16(10-25-20)11-26-12-18(19(13-26)21(22)28)17-6-4-15(5-7-17)8-23-14(2)27/h4-7,9-10,18-19H,3,8,11-13H2,1-2H3,(H2,22,28)(H,23,27)/t18-,19+/m1/s1. The summed E-state index contributed by atoms with van der Waals surface area (Å²) in [7, 11) is 0. The highest BCUT2D eigenvalue weighted by atomic mass is 16.1. The van der Waals surface area contributed by atoms with E-state index in [1.165, 1.54) is 6.92 Å². The molecule has 2 aromatic rings. The number of aryl methyl sites for hydroxylation is 1. The molecule has 1 aliphatic rings. The summed E-state index contributed by atoms with van der Waals surface area (Å²) in [4.78, 5) is 34.0. The predicted molar refractivity (Wildman–Crippen MR) is 106 cm³/mol. The average Bonchev–Trinajstić information content (AvgIpc) is 3.11. The van der Waals surface area contributed by atoms with Crippen LogP contribution in [0.2, 0.25) is 0 Å². The molecule has 0 aliphatic carbocycles. The molecule has 2 amide bonds. The van der Waals surface area contributed by atoms with E-state index in [0.29, 0.717) is 19.6 Å². The van der Waals surface area contributed by atoms with Gasteiger partial charge in [0.1, 0.15) is 5.82 Å². The lowest BCUT2D eigenvalue weighted by atomic mass is 9.88. The van der Waals surface area contributed by atoms with E-state index in [2.05, 4.69) is 20.2 Å². The zero-order chi connectivity index (χ0) is 20.1. The molecule has 0 radical (unpaired) electrons. The number of carbonyl (C=O) groups excluding carboxylic acids is 2. The van der Waals surface area contributed by atoms with Crippen LogP contribution < -0.4 is 11.1 Å². The summed E-state index contributed by atoms with van der Waals surface area (Å²) in [5, 5.41) is 2.79. The number of aromatic nitrogens is 2. The smallest absolute Gasteiger partial charge is 0.222 e. The van der Waals surface area contributed by atoms with E-state index in [4.69, 9.17) is 5.73 Å². The lowest BCUT2D eigenvalue weighted by Crippen LogP contribution is -2.29. The molecule has 1 aromatic carbocycles. The summed E-state index contributed by atoms with van der Waals surface area (Å²) in [6, 6.07) is 8.04. The third-order valence-corrected chi connectivity index (χ3v) is 5.19. The Morgan fingerprint density at radius 3 is 2.39 bits per heavy atom. The molecule has 0 bridgehead atoms. The molecule has 148 valence electrons. The number of carbonyl (C=O) groups is 2. The number of hydrogen-bond donors (Lipinski definition) is 2. The van der Waals surface area contributed by atoms with Crippen LogP contribution in [0, 0.1) is 5.92 Å². The van der Waals surface area contributed by atoms with E-state index in [0.717, 1.165) is 35.5 Å².